The van der Waals surface area contributed by atoms with Crippen LogP contribution in [0.25, 0.3) is 0 Å². The van der Waals surface area contributed by atoms with Gasteiger partial charge in [0.05, 0.1) is 13.0 Å². The van der Waals surface area contributed by atoms with Crippen LogP contribution in [0.2, 0.25) is 0 Å². The molecule has 6 heteroatoms. The highest BCUT2D eigenvalue weighted by Crippen LogP contribution is 2.21. The monoisotopic (exact) mass is 320 g/mol. The largest absolute Gasteiger partial charge is 0.466 e. The summed E-state index contributed by atoms with van der Waals surface area (Å²) in [6, 6.07) is 4.86. The summed E-state index contributed by atoms with van der Waals surface area (Å²) >= 11 is 0. The first-order valence-corrected chi connectivity index (χ1v) is 8.22. The number of aryl methyl sites for hydroxylation is 1. The fraction of sp³-hybridized carbons (Fsp3) is 0.588. The average Bonchev–Trinajstić information content (AvgIpc) is 2.54. The molecule has 0 bridgehead atoms. The minimum Gasteiger partial charge on any atom is -0.466 e. The van der Waals surface area contributed by atoms with Crippen molar-refractivity contribution in [3.63, 3.8) is 0 Å². The molecule has 1 saturated heterocycles. The molecule has 0 unspecified atom stereocenters. The highest BCUT2D eigenvalue weighted by molar-refractivity contribution is 5.78. The molecule has 0 aromatic carbocycles. The van der Waals surface area contributed by atoms with Crippen molar-refractivity contribution in [3.8, 4) is 0 Å². The molecule has 2 rings (SSSR count). The molecule has 23 heavy (non-hydrogen) atoms. The van der Waals surface area contributed by atoms with E-state index in [4.69, 9.17) is 4.74 Å². The first-order valence-electron chi connectivity index (χ1n) is 8.22. The molecule has 0 radical (unpaired) electrons. The summed E-state index contributed by atoms with van der Waals surface area (Å²) in [7, 11) is 0. The van der Waals surface area contributed by atoms with Gasteiger partial charge in [0.25, 0.3) is 5.56 Å². The minimum absolute atomic E-state index is 0.00486. The molecular weight excluding hydrogens is 296 g/mol. The van der Waals surface area contributed by atoms with E-state index < -0.39 is 0 Å². The van der Waals surface area contributed by atoms with Crippen molar-refractivity contribution in [1.82, 2.24) is 9.47 Å². The summed E-state index contributed by atoms with van der Waals surface area (Å²) in [5, 5.41) is 0. The summed E-state index contributed by atoms with van der Waals surface area (Å²) in [5.74, 6) is -0.258. The van der Waals surface area contributed by atoms with Crippen molar-refractivity contribution in [2.24, 2.45) is 0 Å². The minimum atomic E-state index is -0.253. The van der Waals surface area contributed by atoms with Crippen LogP contribution in [0.4, 0.5) is 0 Å². The van der Waals surface area contributed by atoms with E-state index >= 15 is 0 Å². The van der Waals surface area contributed by atoms with Crippen LogP contribution in [0.15, 0.2) is 29.2 Å². The standard InChI is InChI=1S/C17H24N2O4/c1-2-23-17(22)13-14-7-3-6-11-19(14)16(21)9-12-18-10-5-4-8-15(18)20/h4-5,8,10,14H,2-3,6-7,9,11-13H2,1H3/t14-/m0/s1. The Hall–Kier alpha value is -2.11. The molecule has 1 aromatic rings. The Morgan fingerprint density at radius 2 is 2.13 bits per heavy atom. The maximum Gasteiger partial charge on any atom is 0.307 e. The Labute approximate surface area is 136 Å². The molecule has 1 aromatic heterocycles. The molecule has 1 aliphatic rings. The van der Waals surface area contributed by atoms with E-state index in [0.717, 1.165) is 19.3 Å². The van der Waals surface area contributed by atoms with E-state index in [1.54, 1.807) is 30.2 Å². The van der Waals surface area contributed by atoms with Crippen LogP contribution in [-0.2, 0) is 20.9 Å². The third-order valence-corrected chi connectivity index (χ3v) is 4.12. The summed E-state index contributed by atoms with van der Waals surface area (Å²) in [5.41, 5.74) is -0.109. The van der Waals surface area contributed by atoms with Gasteiger partial charge in [-0.15, -0.1) is 0 Å². The summed E-state index contributed by atoms with van der Waals surface area (Å²) in [6.45, 7) is 3.17. The lowest BCUT2D eigenvalue weighted by atomic mass is 9.99. The fourth-order valence-electron chi connectivity index (χ4n) is 2.96. The molecule has 2 heterocycles. The molecule has 0 spiro atoms. The highest BCUT2D eigenvalue weighted by atomic mass is 16.5. The van der Waals surface area contributed by atoms with Gasteiger partial charge in [0.1, 0.15) is 0 Å². The van der Waals surface area contributed by atoms with Gasteiger partial charge in [-0.25, -0.2) is 0 Å². The highest BCUT2D eigenvalue weighted by Gasteiger charge is 2.28. The lowest BCUT2D eigenvalue weighted by Gasteiger charge is -2.35. The van der Waals surface area contributed by atoms with E-state index in [9.17, 15) is 14.4 Å². The van der Waals surface area contributed by atoms with E-state index in [1.165, 1.54) is 10.6 Å². The molecule has 1 aliphatic heterocycles. The second kappa shape index (κ2) is 8.50. The van der Waals surface area contributed by atoms with Gasteiger partial charge in [0.2, 0.25) is 5.91 Å². The number of hydrogen-bond donors (Lipinski definition) is 0. The smallest absolute Gasteiger partial charge is 0.307 e. The van der Waals surface area contributed by atoms with Crippen LogP contribution in [0.3, 0.4) is 0 Å². The van der Waals surface area contributed by atoms with Gasteiger partial charge in [0, 0.05) is 37.8 Å². The van der Waals surface area contributed by atoms with Gasteiger partial charge < -0.3 is 14.2 Å². The first-order chi connectivity index (χ1) is 11.1. The number of rotatable bonds is 6. The second-order valence-corrected chi connectivity index (χ2v) is 5.73. The molecule has 1 fully saturated rings. The lowest BCUT2D eigenvalue weighted by molar-refractivity contribution is -0.146. The third-order valence-electron chi connectivity index (χ3n) is 4.12. The molecule has 6 nitrogen and oxygen atoms in total. The normalized spacial score (nSPS) is 17.8. The summed E-state index contributed by atoms with van der Waals surface area (Å²) in [4.78, 5) is 37.6. The number of carbonyl (C=O) groups excluding carboxylic acids is 2. The molecule has 1 atom stereocenters. The van der Waals surface area contributed by atoms with Crippen molar-refractivity contribution in [3.05, 3.63) is 34.7 Å². The van der Waals surface area contributed by atoms with Gasteiger partial charge >= 0.3 is 5.97 Å². The van der Waals surface area contributed by atoms with Gasteiger partial charge in [-0.3, -0.25) is 14.4 Å². The Morgan fingerprint density at radius 1 is 1.30 bits per heavy atom. The summed E-state index contributed by atoms with van der Waals surface area (Å²) < 4.78 is 6.53. The van der Waals surface area contributed by atoms with Crippen LogP contribution < -0.4 is 5.56 Å². The molecule has 0 N–H and O–H groups in total. The number of amides is 1. The number of aromatic nitrogens is 1. The Kier molecular flexibility index (Phi) is 6.38. The molecule has 1 amide bonds. The first kappa shape index (κ1) is 17.2. The zero-order valence-corrected chi connectivity index (χ0v) is 13.6. The predicted octanol–water partition coefficient (Wildman–Crippen LogP) is 1.57. The maximum absolute atomic E-state index is 12.5. The Morgan fingerprint density at radius 3 is 2.87 bits per heavy atom. The number of piperidine rings is 1. The Bertz CT molecular complexity index is 596. The van der Waals surface area contributed by atoms with E-state index in [0.29, 0.717) is 19.7 Å². The SMILES string of the molecule is CCOC(=O)C[C@@H]1CCCCN1C(=O)CCn1ccccc1=O. The lowest BCUT2D eigenvalue weighted by Crippen LogP contribution is -2.45. The second-order valence-electron chi connectivity index (χ2n) is 5.73. The number of likely N-dealkylation sites (tertiary alicyclic amines) is 1. The van der Waals surface area contributed by atoms with Crippen LogP contribution in [-0.4, -0.2) is 40.5 Å². The van der Waals surface area contributed by atoms with Crippen LogP contribution in [0.5, 0.6) is 0 Å². The van der Waals surface area contributed by atoms with Crippen molar-refractivity contribution < 1.29 is 14.3 Å². The molecular formula is C17H24N2O4. The number of esters is 1. The summed E-state index contributed by atoms with van der Waals surface area (Å²) in [6.07, 6.45) is 5.01. The number of nitrogens with zero attached hydrogens (tertiary/aromatic N) is 2. The topological polar surface area (TPSA) is 68.6 Å². The van der Waals surface area contributed by atoms with E-state index in [1.807, 2.05) is 0 Å². The van der Waals surface area contributed by atoms with Crippen molar-refractivity contribution >= 4 is 11.9 Å². The Balaban J connectivity index is 1.94. The van der Waals surface area contributed by atoms with Crippen molar-refractivity contribution in [2.75, 3.05) is 13.2 Å². The number of hydrogen-bond acceptors (Lipinski definition) is 4. The van der Waals surface area contributed by atoms with E-state index in [-0.39, 0.29) is 36.3 Å². The van der Waals surface area contributed by atoms with Gasteiger partial charge in [-0.2, -0.15) is 0 Å². The van der Waals surface area contributed by atoms with E-state index in [2.05, 4.69) is 0 Å². The van der Waals surface area contributed by atoms with Crippen LogP contribution >= 0.6 is 0 Å². The molecule has 0 saturated carbocycles. The quantitative estimate of drug-likeness (QED) is 0.746. The number of carbonyl (C=O) groups is 2. The van der Waals surface area contributed by atoms with Gasteiger partial charge in [0.15, 0.2) is 0 Å². The molecule has 126 valence electrons. The number of ether oxygens (including phenoxy) is 1. The zero-order valence-electron chi connectivity index (χ0n) is 13.6. The molecule has 0 aliphatic carbocycles. The maximum atomic E-state index is 12.5. The third kappa shape index (κ3) is 4.94. The van der Waals surface area contributed by atoms with Gasteiger partial charge in [-0.05, 0) is 32.3 Å². The zero-order chi connectivity index (χ0) is 16.7. The average molecular weight is 320 g/mol. The predicted molar refractivity (Wildman–Crippen MR) is 85.9 cm³/mol. The van der Waals surface area contributed by atoms with Gasteiger partial charge in [-0.1, -0.05) is 6.07 Å². The van der Waals surface area contributed by atoms with Crippen molar-refractivity contribution in [1.29, 1.82) is 0 Å². The van der Waals surface area contributed by atoms with Crippen LogP contribution in [0.1, 0.15) is 39.0 Å². The number of pyridine rings is 1. The van der Waals surface area contributed by atoms with Crippen molar-refractivity contribution in [2.45, 2.75) is 51.6 Å². The van der Waals surface area contributed by atoms with Crippen LogP contribution in [0, 0.1) is 0 Å². The fourth-order valence-corrected chi connectivity index (χ4v) is 2.96.